The molecule has 0 saturated carbocycles. The number of ether oxygens (including phenoxy) is 2. The molecule has 0 bridgehead atoms. The van der Waals surface area contributed by atoms with Crippen LogP contribution in [0.15, 0.2) is 60.7 Å². The van der Waals surface area contributed by atoms with Gasteiger partial charge in [0.25, 0.3) is 11.8 Å². The highest BCUT2D eigenvalue weighted by Crippen LogP contribution is 2.23. The van der Waals surface area contributed by atoms with Crippen LogP contribution in [0.25, 0.3) is 0 Å². The number of carboxylic acids is 1. The van der Waals surface area contributed by atoms with Gasteiger partial charge in [-0.15, -0.1) is 0 Å². The summed E-state index contributed by atoms with van der Waals surface area (Å²) >= 11 is 0. The fourth-order valence-corrected chi connectivity index (χ4v) is 4.50. The summed E-state index contributed by atoms with van der Waals surface area (Å²) < 4.78 is 10.2. The van der Waals surface area contributed by atoms with Crippen LogP contribution in [0.4, 0.5) is 0 Å². The molecule has 1 heterocycles. The predicted octanol–water partition coefficient (Wildman–Crippen LogP) is -0.0751. The van der Waals surface area contributed by atoms with Gasteiger partial charge in [0.1, 0.15) is 18.1 Å². The van der Waals surface area contributed by atoms with Gasteiger partial charge in [0.05, 0.1) is 13.0 Å². The topological polar surface area (TPSA) is 222 Å². The molecule has 6 N–H and O–H groups in total. The second kappa shape index (κ2) is 18.1. The minimum Gasteiger partial charge on any atom is -0.481 e. The highest BCUT2D eigenvalue weighted by atomic mass is 16.6. The van der Waals surface area contributed by atoms with Gasteiger partial charge in [-0.2, -0.15) is 0 Å². The smallest absolute Gasteiger partial charge is 0.338 e. The Kier molecular flexibility index (Phi) is 14.0. The van der Waals surface area contributed by atoms with E-state index in [0.717, 1.165) is 11.1 Å². The Morgan fingerprint density at radius 3 is 1.94 bits per heavy atom. The molecule has 258 valence electrons. The Balaban J connectivity index is 1.44. The van der Waals surface area contributed by atoms with Gasteiger partial charge in [-0.3, -0.25) is 39.6 Å². The molecular formula is C33H41N5O10. The number of esters is 1. The first-order valence-corrected chi connectivity index (χ1v) is 15.5. The number of carbonyl (C=O) groups excluding carboxylic acids is 6. The molecule has 0 spiro atoms. The molecule has 1 aliphatic heterocycles. The number of aryl methyl sites for hydroxylation is 1. The van der Waals surface area contributed by atoms with E-state index in [9.17, 15) is 38.7 Å². The van der Waals surface area contributed by atoms with Crippen molar-refractivity contribution in [2.45, 2.75) is 76.8 Å². The number of hydrogen-bond donors (Lipinski definition) is 6. The lowest BCUT2D eigenvalue weighted by Crippen LogP contribution is -2.58. The highest BCUT2D eigenvalue weighted by molar-refractivity contribution is 5.97. The highest BCUT2D eigenvalue weighted by Gasteiger charge is 2.52. The van der Waals surface area contributed by atoms with Crippen molar-refractivity contribution in [2.24, 2.45) is 5.92 Å². The molecule has 1 saturated heterocycles. The normalized spacial score (nSPS) is 16.8. The van der Waals surface area contributed by atoms with Crippen molar-refractivity contribution in [1.29, 1.82) is 0 Å². The molecular weight excluding hydrogens is 626 g/mol. The minimum atomic E-state index is -1.65. The third-order valence-electron chi connectivity index (χ3n) is 7.28. The Morgan fingerprint density at radius 2 is 1.35 bits per heavy atom. The van der Waals surface area contributed by atoms with E-state index in [1.54, 1.807) is 13.8 Å². The van der Waals surface area contributed by atoms with Crippen LogP contribution in [0.2, 0.25) is 0 Å². The van der Waals surface area contributed by atoms with Gasteiger partial charge in [0.15, 0.2) is 12.2 Å². The molecule has 1 aliphatic rings. The molecule has 0 aromatic heterocycles. The SMILES string of the molecule is CC(C)[C@H](NC(=O)CCc1ccccc1)C(=O)N[C@@H](C)C(=O)N[C@@H](CC(=O)O)C(=O)NNC(=O)C1OC1C(=O)OCCc1ccccc1. The molecule has 2 unspecified atom stereocenters. The monoisotopic (exact) mass is 667 g/mol. The molecule has 15 heteroatoms. The average molecular weight is 668 g/mol. The maximum absolute atomic E-state index is 13.0. The Bertz CT molecular complexity index is 1450. The van der Waals surface area contributed by atoms with Gasteiger partial charge in [-0.25, -0.2) is 4.79 Å². The van der Waals surface area contributed by atoms with Crippen LogP contribution in [-0.4, -0.2) is 83.5 Å². The van der Waals surface area contributed by atoms with Gasteiger partial charge < -0.3 is 30.5 Å². The fourth-order valence-electron chi connectivity index (χ4n) is 4.50. The molecule has 2 aromatic rings. The third-order valence-corrected chi connectivity index (χ3v) is 7.28. The van der Waals surface area contributed by atoms with Crippen molar-refractivity contribution < 1.29 is 48.1 Å². The summed E-state index contributed by atoms with van der Waals surface area (Å²) in [4.78, 5) is 87.1. The quantitative estimate of drug-likeness (QED) is 0.0748. The van der Waals surface area contributed by atoms with Crippen molar-refractivity contribution >= 4 is 41.5 Å². The molecule has 3 rings (SSSR count). The summed E-state index contributed by atoms with van der Waals surface area (Å²) in [5, 5.41) is 16.7. The number of hydrogen-bond acceptors (Lipinski definition) is 9. The molecule has 48 heavy (non-hydrogen) atoms. The molecule has 15 nitrogen and oxygen atoms in total. The van der Waals surface area contributed by atoms with E-state index in [1.165, 1.54) is 6.92 Å². The van der Waals surface area contributed by atoms with Gasteiger partial charge in [0, 0.05) is 12.8 Å². The summed E-state index contributed by atoms with van der Waals surface area (Å²) in [7, 11) is 0. The second-order valence-electron chi connectivity index (χ2n) is 11.5. The zero-order chi connectivity index (χ0) is 35.2. The number of carboxylic acid groups (broad SMARTS) is 1. The number of amides is 5. The summed E-state index contributed by atoms with van der Waals surface area (Å²) in [6.45, 7) is 4.84. The van der Waals surface area contributed by atoms with E-state index in [4.69, 9.17) is 9.47 Å². The summed E-state index contributed by atoms with van der Waals surface area (Å²) in [6.07, 6.45) is -2.16. The maximum atomic E-state index is 13.0. The molecule has 0 aliphatic carbocycles. The number of benzene rings is 2. The predicted molar refractivity (Wildman–Crippen MR) is 169 cm³/mol. The van der Waals surface area contributed by atoms with Crippen LogP contribution in [0.5, 0.6) is 0 Å². The lowest BCUT2D eigenvalue weighted by molar-refractivity contribution is -0.145. The second-order valence-corrected chi connectivity index (χ2v) is 11.5. The minimum absolute atomic E-state index is 0.0742. The summed E-state index contributed by atoms with van der Waals surface area (Å²) in [5.41, 5.74) is 5.97. The molecule has 5 atom stereocenters. The van der Waals surface area contributed by atoms with Crippen molar-refractivity contribution in [3.63, 3.8) is 0 Å². The number of nitrogens with one attached hydrogen (secondary N) is 5. The Labute approximate surface area is 277 Å². The van der Waals surface area contributed by atoms with Crippen LogP contribution in [0.1, 0.15) is 44.7 Å². The van der Waals surface area contributed by atoms with Gasteiger partial charge in [-0.05, 0) is 30.4 Å². The largest absolute Gasteiger partial charge is 0.481 e. The lowest BCUT2D eigenvalue weighted by Gasteiger charge is -2.25. The number of rotatable bonds is 17. The van der Waals surface area contributed by atoms with Crippen LogP contribution in [0.3, 0.4) is 0 Å². The number of epoxide rings is 1. The van der Waals surface area contributed by atoms with Gasteiger partial charge in [0.2, 0.25) is 17.7 Å². The molecule has 5 amide bonds. The summed E-state index contributed by atoms with van der Waals surface area (Å²) in [5.74, 6) is -6.38. The molecule has 1 fully saturated rings. The standard InChI is InChI=1S/C33H41N5O10/c1-19(2)26(36-24(39)15-14-21-10-6-4-7-11-21)31(44)34-20(3)29(42)35-23(18-25(40)41)30(43)37-38-32(45)27-28(48-27)33(46)47-17-16-22-12-8-5-9-13-22/h4-13,19-20,23,26-28H,14-18H2,1-3H3,(H,34,44)(H,35,42)(H,36,39)(H,37,43)(H,38,45)(H,40,41)/t20-,23-,26-,27?,28?/m0/s1. The first-order chi connectivity index (χ1) is 22.8. The Hall–Kier alpha value is -5.31. The average Bonchev–Trinajstić information content (AvgIpc) is 3.86. The lowest BCUT2D eigenvalue weighted by atomic mass is 10.0. The van der Waals surface area contributed by atoms with E-state index in [2.05, 4.69) is 16.0 Å². The van der Waals surface area contributed by atoms with Crippen molar-refractivity contribution in [3.8, 4) is 0 Å². The van der Waals surface area contributed by atoms with Crippen LogP contribution < -0.4 is 26.8 Å². The molecule has 0 radical (unpaired) electrons. The molecule has 2 aromatic carbocycles. The summed E-state index contributed by atoms with van der Waals surface area (Å²) in [6, 6.07) is 14.8. The van der Waals surface area contributed by atoms with E-state index < -0.39 is 72.3 Å². The van der Waals surface area contributed by atoms with E-state index in [1.807, 2.05) is 71.5 Å². The zero-order valence-electron chi connectivity index (χ0n) is 26.9. The van der Waals surface area contributed by atoms with E-state index >= 15 is 0 Å². The zero-order valence-corrected chi connectivity index (χ0v) is 26.9. The van der Waals surface area contributed by atoms with Crippen LogP contribution >= 0.6 is 0 Å². The van der Waals surface area contributed by atoms with Crippen molar-refractivity contribution in [1.82, 2.24) is 26.8 Å². The number of carbonyl (C=O) groups is 7. The van der Waals surface area contributed by atoms with Crippen molar-refractivity contribution in [3.05, 3.63) is 71.8 Å². The third kappa shape index (κ3) is 12.1. The number of aliphatic carboxylic acids is 1. The fraction of sp³-hybridized carbons (Fsp3) is 0.424. The van der Waals surface area contributed by atoms with Crippen LogP contribution in [-0.2, 0) is 55.9 Å². The van der Waals surface area contributed by atoms with Crippen LogP contribution in [0, 0.1) is 5.92 Å². The maximum Gasteiger partial charge on any atom is 0.338 e. The van der Waals surface area contributed by atoms with E-state index in [-0.39, 0.29) is 24.9 Å². The first-order valence-electron chi connectivity index (χ1n) is 15.5. The van der Waals surface area contributed by atoms with Crippen molar-refractivity contribution in [2.75, 3.05) is 6.61 Å². The van der Waals surface area contributed by atoms with Gasteiger partial charge >= 0.3 is 11.9 Å². The Morgan fingerprint density at radius 1 is 0.750 bits per heavy atom. The van der Waals surface area contributed by atoms with Gasteiger partial charge in [-0.1, -0.05) is 74.5 Å². The van der Waals surface area contributed by atoms with E-state index in [0.29, 0.717) is 12.8 Å². The first kappa shape index (κ1) is 37.2. The number of hydrazine groups is 1.